The van der Waals surface area contributed by atoms with Gasteiger partial charge in [-0.3, -0.25) is 0 Å². The molecule has 0 aliphatic heterocycles. The number of pyridine rings is 1. The van der Waals surface area contributed by atoms with Crippen LogP contribution in [0.4, 0.5) is 0 Å². The largest absolute Gasteiger partial charge is 0.439 e. The van der Waals surface area contributed by atoms with E-state index in [4.69, 9.17) is 16.3 Å². The van der Waals surface area contributed by atoms with E-state index in [1.807, 2.05) is 43.3 Å². The van der Waals surface area contributed by atoms with E-state index in [1.54, 1.807) is 13.1 Å². The normalized spacial score (nSPS) is 18.3. The Bertz CT molecular complexity index is 987. The third-order valence-electron chi connectivity index (χ3n) is 6.16. The van der Waals surface area contributed by atoms with Gasteiger partial charge in [-0.2, -0.15) is 0 Å². The molecule has 2 aromatic rings. The van der Waals surface area contributed by atoms with Gasteiger partial charge in [0.15, 0.2) is 0 Å². The number of ether oxygens (including phenoxy) is 1. The Balaban J connectivity index is 1.38. The minimum atomic E-state index is 0.199. The van der Waals surface area contributed by atoms with Crippen LogP contribution in [0.2, 0.25) is 5.02 Å². The van der Waals surface area contributed by atoms with Gasteiger partial charge < -0.3 is 9.53 Å². The van der Waals surface area contributed by atoms with Crippen LogP contribution in [-0.2, 0) is 4.79 Å². The summed E-state index contributed by atoms with van der Waals surface area (Å²) in [5.74, 6) is 1.63. The van der Waals surface area contributed by atoms with Crippen LogP contribution in [0.1, 0.15) is 63.5 Å². The van der Waals surface area contributed by atoms with Crippen LogP contribution >= 0.6 is 11.6 Å². The van der Waals surface area contributed by atoms with Crippen LogP contribution in [-0.4, -0.2) is 10.8 Å². The first kappa shape index (κ1) is 20.9. The van der Waals surface area contributed by atoms with E-state index < -0.39 is 0 Å². The number of nitrogens with zero attached hydrogens (tertiary/aromatic N) is 1. The summed E-state index contributed by atoms with van der Waals surface area (Å²) >= 11 is 6.57. The Morgan fingerprint density at radius 2 is 2.10 bits per heavy atom. The number of halogens is 1. The maximum Gasteiger partial charge on any atom is 0.219 e. The summed E-state index contributed by atoms with van der Waals surface area (Å²) < 4.78 is 5.89. The van der Waals surface area contributed by atoms with Gasteiger partial charge in [0.25, 0.3) is 0 Å². The van der Waals surface area contributed by atoms with Crippen molar-refractivity contribution in [3.63, 3.8) is 0 Å². The summed E-state index contributed by atoms with van der Waals surface area (Å²) in [7, 11) is 0. The molecule has 1 heterocycles. The van der Waals surface area contributed by atoms with Crippen molar-refractivity contribution in [2.24, 2.45) is 11.3 Å². The van der Waals surface area contributed by atoms with Crippen molar-refractivity contribution in [1.29, 1.82) is 0 Å². The Labute approximate surface area is 183 Å². The van der Waals surface area contributed by atoms with Gasteiger partial charge in [0.1, 0.15) is 11.5 Å². The number of Topliss-reactive ketones (excluding diaryl/α,β-unsaturated/α-hetero) is 1. The lowest BCUT2D eigenvalue weighted by atomic mass is 9.84. The molecule has 1 aromatic heterocycles. The van der Waals surface area contributed by atoms with E-state index in [-0.39, 0.29) is 11.7 Å². The molecule has 4 rings (SSSR count). The molecule has 1 spiro atoms. The first-order valence-corrected chi connectivity index (χ1v) is 11.1. The summed E-state index contributed by atoms with van der Waals surface area (Å²) in [6.07, 6.45) is 15.1. The molecule has 4 heteroatoms. The van der Waals surface area contributed by atoms with Crippen LogP contribution in [0.15, 0.2) is 48.7 Å². The monoisotopic (exact) mass is 421 g/mol. The highest BCUT2D eigenvalue weighted by molar-refractivity contribution is 6.32. The fourth-order valence-corrected chi connectivity index (χ4v) is 4.40. The average Bonchev–Trinajstić information content (AvgIpc) is 3.47. The molecule has 0 amide bonds. The highest BCUT2D eigenvalue weighted by Gasteiger charge is 2.42. The maximum absolute atomic E-state index is 11.2. The first-order valence-electron chi connectivity index (χ1n) is 10.7. The van der Waals surface area contributed by atoms with Gasteiger partial charge in [0.05, 0.1) is 5.02 Å². The number of rotatable bonds is 7. The molecule has 2 aliphatic rings. The van der Waals surface area contributed by atoms with Crippen molar-refractivity contribution < 1.29 is 9.53 Å². The zero-order valence-corrected chi connectivity index (χ0v) is 18.4. The Hall–Kier alpha value is -2.39. The zero-order chi connectivity index (χ0) is 21.1. The molecular weight excluding hydrogens is 394 g/mol. The summed E-state index contributed by atoms with van der Waals surface area (Å²) in [5.41, 5.74) is 4.08. The standard InChI is InChI=1S/C26H28ClNO2/c1-18(15-19(2)29)3-4-20-5-8-25(28-17-20)30-22-6-7-23(24(27)16-22)21-9-11-26(12-10-21)13-14-26/h3-9,16-18H,10-15H2,1-2H3/b4-3+/t18-/m0/s1. The van der Waals surface area contributed by atoms with Crippen molar-refractivity contribution in [3.8, 4) is 11.6 Å². The van der Waals surface area contributed by atoms with Crippen molar-refractivity contribution in [2.75, 3.05) is 0 Å². The molecule has 0 bridgehead atoms. The van der Waals surface area contributed by atoms with E-state index in [0.29, 0.717) is 23.5 Å². The van der Waals surface area contributed by atoms with Gasteiger partial charge in [0.2, 0.25) is 5.88 Å². The molecule has 1 fully saturated rings. The molecule has 3 nitrogen and oxygen atoms in total. The van der Waals surface area contributed by atoms with Crippen molar-refractivity contribution in [2.45, 2.75) is 52.4 Å². The minimum absolute atomic E-state index is 0.199. The maximum atomic E-state index is 11.2. The summed E-state index contributed by atoms with van der Waals surface area (Å²) in [6.45, 7) is 3.65. The van der Waals surface area contributed by atoms with Gasteiger partial charge in [-0.1, -0.05) is 36.8 Å². The number of aromatic nitrogens is 1. The highest BCUT2D eigenvalue weighted by Crippen LogP contribution is 2.56. The molecule has 1 aromatic carbocycles. The average molecular weight is 422 g/mol. The summed E-state index contributed by atoms with van der Waals surface area (Å²) in [6, 6.07) is 9.69. The minimum Gasteiger partial charge on any atom is -0.439 e. The van der Waals surface area contributed by atoms with Gasteiger partial charge in [0, 0.05) is 24.8 Å². The molecule has 1 saturated carbocycles. The quantitative estimate of drug-likeness (QED) is 0.464. The van der Waals surface area contributed by atoms with Gasteiger partial charge in [-0.05, 0) is 85.3 Å². The highest BCUT2D eigenvalue weighted by atomic mass is 35.5. The molecule has 156 valence electrons. The third-order valence-corrected chi connectivity index (χ3v) is 6.47. The van der Waals surface area contributed by atoms with Crippen molar-refractivity contribution >= 4 is 29.0 Å². The van der Waals surface area contributed by atoms with Crippen molar-refractivity contribution in [1.82, 2.24) is 4.98 Å². The third kappa shape index (κ3) is 5.20. The first-order chi connectivity index (χ1) is 14.4. The van der Waals surface area contributed by atoms with E-state index >= 15 is 0 Å². The molecule has 30 heavy (non-hydrogen) atoms. The van der Waals surface area contributed by atoms with Crippen LogP contribution in [0, 0.1) is 11.3 Å². The molecule has 0 saturated heterocycles. The second-order valence-corrected chi connectivity index (χ2v) is 9.26. The zero-order valence-electron chi connectivity index (χ0n) is 17.7. The van der Waals surface area contributed by atoms with Crippen LogP contribution in [0.3, 0.4) is 0 Å². The molecular formula is C26H28ClNO2. The molecule has 2 aliphatic carbocycles. The second kappa shape index (κ2) is 8.77. The smallest absolute Gasteiger partial charge is 0.219 e. The van der Waals surface area contributed by atoms with Gasteiger partial charge >= 0.3 is 0 Å². The van der Waals surface area contributed by atoms with Crippen LogP contribution < -0.4 is 4.74 Å². The SMILES string of the molecule is CC(=O)C[C@@H](C)/C=C/c1ccc(Oc2ccc(C3=CCC4(CC3)CC4)c(Cl)c2)nc1. The number of hydrogen-bond acceptors (Lipinski definition) is 3. The number of hydrogen-bond donors (Lipinski definition) is 0. The molecule has 1 atom stereocenters. The van der Waals surface area contributed by atoms with E-state index in [2.05, 4.69) is 17.1 Å². The van der Waals surface area contributed by atoms with E-state index in [9.17, 15) is 4.79 Å². The molecule has 0 N–H and O–H groups in total. The van der Waals surface area contributed by atoms with Crippen molar-refractivity contribution in [3.05, 3.63) is 64.8 Å². The number of allylic oxidation sites excluding steroid dienone is 3. The number of ketones is 1. The van der Waals surface area contributed by atoms with E-state index in [0.717, 1.165) is 22.6 Å². The number of carbonyl (C=O) groups excluding carboxylic acids is 1. The summed E-state index contributed by atoms with van der Waals surface area (Å²) in [5, 5.41) is 0.726. The van der Waals surface area contributed by atoms with Gasteiger partial charge in [-0.15, -0.1) is 0 Å². The molecule has 0 radical (unpaired) electrons. The predicted octanol–water partition coefficient (Wildman–Crippen LogP) is 7.50. The van der Waals surface area contributed by atoms with Crippen LogP contribution in [0.5, 0.6) is 11.6 Å². The predicted molar refractivity (Wildman–Crippen MR) is 123 cm³/mol. The Morgan fingerprint density at radius 1 is 1.27 bits per heavy atom. The topological polar surface area (TPSA) is 39.2 Å². The van der Waals surface area contributed by atoms with E-state index in [1.165, 1.54) is 31.3 Å². The Morgan fingerprint density at radius 3 is 2.70 bits per heavy atom. The molecule has 0 unspecified atom stereocenters. The second-order valence-electron chi connectivity index (χ2n) is 8.85. The fraction of sp³-hybridized carbons (Fsp3) is 0.385. The fourth-order valence-electron chi connectivity index (χ4n) is 4.11. The summed E-state index contributed by atoms with van der Waals surface area (Å²) in [4.78, 5) is 15.6. The lowest BCUT2D eigenvalue weighted by molar-refractivity contribution is -0.117. The Kier molecular flexibility index (Phi) is 6.10. The lowest BCUT2D eigenvalue weighted by Gasteiger charge is -2.22. The number of benzene rings is 1. The van der Waals surface area contributed by atoms with Crippen LogP contribution in [0.25, 0.3) is 11.6 Å². The lowest BCUT2D eigenvalue weighted by Crippen LogP contribution is -2.05. The van der Waals surface area contributed by atoms with Gasteiger partial charge in [-0.25, -0.2) is 4.98 Å². The number of carbonyl (C=O) groups is 1.